The first-order valence-electron chi connectivity index (χ1n) is 8.32. The minimum Gasteiger partial charge on any atom is -0.445 e. The number of oxazole rings is 1. The first-order valence-corrected chi connectivity index (χ1v) is 8.32. The summed E-state index contributed by atoms with van der Waals surface area (Å²) in [6, 6.07) is 10.7. The van der Waals surface area contributed by atoms with Gasteiger partial charge in [-0.05, 0) is 31.2 Å². The van der Waals surface area contributed by atoms with E-state index in [2.05, 4.69) is 35.3 Å². The summed E-state index contributed by atoms with van der Waals surface area (Å²) in [6.45, 7) is 5.97. The molecule has 0 N–H and O–H groups in total. The fourth-order valence-electron chi connectivity index (χ4n) is 3.26. The molecule has 1 atom stereocenters. The van der Waals surface area contributed by atoms with Crippen molar-refractivity contribution in [1.82, 2.24) is 4.98 Å². The van der Waals surface area contributed by atoms with Crippen molar-refractivity contribution in [2.24, 2.45) is 5.92 Å². The van der Waals surface area contributed by atoms with Crippen LogP contribution in [0.15, 0.2) is 40.9 Å². The lowest BCUT2D eigenvalue weighted by atomic mass is 9.77. The third-order valence-electron chi connectivity index (χ3n) is 4.19. The maximum atomic E-state index is 5.84. The van der Waals surface area contributed by atoms with Crippen LogP contribution in [0.25, 0.3) is 0 Å². The number of benzene rings is 1. The molecule has 114 valence electrons. The van der Waals surface area contributed by atoms with Crippen molar-refractivity contribution in [1.29, 1.82) is 0 Å². The van der Waals surface area contributed by atoms with E-state index in [0.717, 1.165) is 11.7 Å². The van der Waals surface area contributed by atoms with E-state index in [4.69, 9.17) is 4.42 Å². The largest absolute Gasteiger partial charge is 0.445 e. The lowest BCUT2D eigenvalue weighted by Gasteiger charge is -2.28. The molecule has 0 saturated heterocycles. The van der Waals surface area contributed by atoms with Gasteiger partial charge in [0.05, 0.1) is 12.1 Å². The van der Waals surface area contributed by atoms with Crippen molar-refractivity contribution in [2.45, 2.75) is 58.8 Å². The van der Waals surface area contributed by atoms with Gasteiger partial charge in [0, 0.05) is 0 Å². The van der Waals surface area contributed by atoms with Crippen molar-refractivity contribution >= 4 is 0 Å². The number of hydrogen-bond donors (Lipinski definition) is 0. The predicted octanol–water partition coefficient (Wildman–Crippen LogP) is 5.72. The summed E-state index contributed by atoms with van der Waals surface area (Å²) in [6.07, 6.45) is 8.49. The summed E-state index contributed by atoms with van der Waals surface area (Å²) in [7, 11) is 0. The van der Waals surface area contributed by atoms with Gasteiger partial charge in [0.2, 0.25) is 5.89 Å². The quantitative estimate of drug-likeness (QED) is 0.720. The monoisotopic (exact) mass is 285 g/mol. The lowest BCUT2D eigenvalue weighted by molar-refractivity contribution is 0.293. The van der Waals surface area contributed by atoms with Gasteiger partial charge in [0.1, 0.15) is 5.76 Å². The molecule has 2 heteroatoms. The Kier molecular flexibility index (Phi) is 6.04. The Morgan fingerprint density at radius 2 is 1.71 bits per heavy atom. The number of rotatable bonds is 3. The Morgan fingerprint density at radius 1 is 1.05 bits per heavy atom. The zero-order valence-electron chi connectivity index (χ0n) is 13.5. The van der Waals surface area contributed by atoms with Crippen LogP contribution in [0.5, 0.6) is 0 Å². The molecule has 1 aromatic heterocycles. The van der Waals surface area contributed by atoms with Crippen LogP contribution < -0.4 is 0 Å². The summed E-state index contributed by atoms with van der Waals surface area (Å²) in [5, 5.41) is 0. The van der Waals surface area contributed by atoms with Crippen LogP contribution in [-0.4, -0.2) is 4.98 Å². The van der Waals surface area contributed by atoms with E-state index in [1.165, 1.54) is 37.7 Å². The highest BCUT2D eigenvalue weighted by Crippen LogP contribution is 2.39. The van der Waals surface area contributed by atoms with Gasteiger partial charge in [-0.3, -0.25) is 0 Å². The van der Waals surface area contributed by atoms with Gasteiger partial charge in [0.25, 0.3) is 0 Å². The van der Waals surface area contributed by atoms with Crippen LogP contribution in [0.3, 0.4) is 0 Å². The van der Waals surface area contributed by atoms with Gasteiger partial charge < -0.3 is 4.42 Å². The first kappa shape index (κ1) is 15.8. The molecule has 0 radical (unpaired) electrons. The molecule has 1 unspecified atom stereocenters. The van der Waals surface area contributed by atoms with Crippen LogP contribution >= 0.6 is 0 Å². The second kappa shape index (κ2) is 8.02. The summed E-state index contributed by atoms with van der Waals surface area (Å²) in [5.41, 5.74) is 1.34. The number of nitrogens with zero attached hydrogens (tertiary/aromatic N) is 1. The molecule has 0 spiro atoms. The van der Waals surface area contributed by atoms with Crippen molar-refractivity contribution in [3.05, 3.63) is 53.7 Å². The standard InChI is InChI=1S/C17H21NO.C2H6/c1-13-12-18-17(19-13)16(14-8-4-2-5-9-14)15-10-6-3-7-11-15;1-2/h2,4-5,8-9,12,15-16H,3,6-7,10-11H2,1H3;1-2H3. The molecule has 1 aliphatic carbocycles. The van der Waals surface area contributed by atoms with E-state index in [-0.39, 0.29) is 0 Å². The number of aryl methyl sites for hydroxylation is 1. The van der Waals surface area contributed by atoms with E-state index < -0.39 is 0 Å². The Balaban J connectivity index is 0.000000774. The Hall–Kier alpha value is -1.57. The fraction of sp³-hybridized carbons (Fsp3) is 0.526. The maximum absolute atomic E-state index is 5.84. The summed E-state index contributed by atoms with van der Waals surface area (Å²) in [4.78, 5) is 4.50. The van der Waals surface area contributed by atoms with E-state index in [9.17, 15) is 0 Å². The predicted molar refractivity (Wildman–Crippen MR) is 87.4 cm³/mol. The Labute approximate surface area is 128 Å². The van der Waals surface area contributed by atoms with Crippen molar-refractivity contribution in [3.8, 4) is 0 Å². The smallest absolute Gasteiger partial charge is 0.202 e. The molecular formula is C19H27NO. The zero-order valence-corrected chi connectivity index (χ0v) is 13.5. The molecule has 1 heterocycles. The number of aromatic nitrogens is 1. The topological polar surface area (TPSA) is 26.0 Å². The fourth-order valence-corrected chi connectivity index (χ4v) is 3.26. The van der Waals surface area contributed by atoms with Crippen LogP contribution in [0.2, 0.25) is 0 Å². The van der Waals surface area contributed by atoms with Crippen molar-refractivity contribution in [3.63, 3.8) is 0 Å². The average molecular weight is 285 g/mol. The van der Waals surface area contributed by atoms with Crippen molar-refractivity contribution in [2.75, 3.05) is 0 Å². The molecule has 21 heavy (non-hydrogen) atoms. The van der Waals surface area contributed by atoms with Crippen LogP contribution in [-0.2, 0) is 0 Å². The SMILES string of the molecule is CC.Cc1cnc(C(c2ccccc2)C2CCCCC2)o1. The van der Waals surface area contributed by atoms with E-state index in [1.54, 1.807) is 0 Å². The summed E-state index contributed by atoms with van der Waals surface area (Å²) in [5.74, 6) is 2.81. The molecule has 1 aromatic carbocycles. The molecule has 1 aliphatic rings. The molecule has 1 saturated carbocycles. The minimum absolute atomic E-state index is 0.329. The van der Waals surface area contributed by atoms with E-state index in [1.807, 2.05) is 27.0 Å². The minimum atomic E-state index is 0.329. The average Bonchev–Trinajstić information content (AvgIpc) is 2.98. The molecule has 2 aromatic rings. The summed E-state index contributed by atoms with van der Waals surface area (Å²) >= 11 is 0. The zero-order chi connectivity index (χ0) is 15.1. The second-order valence-electron chi connectivity index (χ2n) is 5.60. The third-order valence-corrected chi connectivity index (χ3v) is 4.19. The number of hydrogen-bond acceptors (Lipinski definition) is 2. The van der Waals surface area contributed by atoms with Crippen molar-refractivity contribution < 1.29 is 4.42 Å². The molecule has 0 bridgehead atoms. The van der Waals surface area contributed by atoms with Gasteiger partial charge in [0.15, 0.2) is 0 Å². The molecule has 3 rings (SSSR count). The van der Waals surface area contributed by atoms with Crippen LogP contribution in [0.4, 0.5) is 0 Å². The van der Waals surface area contributed by atoms with E-state index in [0.29, 0.717) is 11.8 Å². The molecular weight excluding hydrogens is 258 g/mol. The lowest BCUT2D eigenvalue weighted by Crippen LogP contribution is -2.17. The van der Waals surface area contributed by atoms with Gasteiger partial charge >= 0.3 is 0 Å². The van der Waals surface area contributed by atoms with Crippen LogP contribution in [0, 0.1) is 12.8 Å². The second-order valence-corrected chi connectivity index (χ2v) is 5.60. The highest BCUT2D eigenvalue weighted by Gasteiger charge is 2.29. The maximum Gasteiger partial charge on any atom is 0.202 e. The molecule has 1 fully saturated rings. The highest BCUT2D eigenvalue weighted by atomic mass is 16.4. The van der Waals surface area contributed by atoms with Gasteiger partial charge in [-0.15, -0.1) is 0 Å². The third kappa shape index (κ3) is 3.96. The Bertz CT molecular complexity index is 511. The van der Waals surface area contributed by atoms with Gasteiger partial charge in [-0.25, -0.2) is 4.98 Å². The first-order chi connectivity index (χ1) is 10.3. The normalized spacial score (nSPS) is 16.9. The van der Waals surface area contributed by atoms with Gasteiger partial charge in [-0.2, -0.15) is 0 Å². The van der Waals surface area contributed by atoms with Crippen LogP contribution in [0.1, 0.15) is 69.1 Å². The van der Waals surface area contributed by atoms with Gasteiger partial charge in [-0.1, -0.05) is 63.4 Å². The molecule has 2 nitrogen and oxygen atoms in total. The highest BCUT2D eigenvalue weighted by molar-refractivity contribution is 5.26. The summed E-state index contributed by atoms with van der Waals surface area (Å²) < 4.78 is 5.84. The van der Waals surface area contributed by atoms with E-state index >= 15 is 0 Å². The molecule has 0 aliphatic heterocycles. The Morgan fingerprint density at radius 3 is 2.29 bits per heavy atom. The molecule has 0 amide bonds.